The molecule has 0 saturated carbocycles. The summed E-state index contributed by atoms with van der Waals surface area (Å²) in [5.74, 6) is 1.77. The summed E-state index contributed by atoms with van der Waals surface area (Å²) in [4.78, 5) is 0. The van der Waals surface area contributed by atoms with Crippen molar-refractivity contribution in [3.8, 4) is 5.75 Å². The Balaban J connectivity index is 0.00000128. The molecule has 2 N–H and O–H groups in total. The highest BCUT2D eigenvalue weighted by atomic mass is 79.9. The molecule has 88 valence electrons. The fourth-order valence-electron chi connectivity index (χ4n) is 1.59. The second kappa shape index (κ2) is 5.37. The topological polar surface area (TPSA) is 48.4 Å². The van der Waals surface area contributed by atoms with Gasteiger partial charge in [-0.25, -0.2) is 0 Å². The molecule has 2 rings (SSSR count). The van der Waals surface area contributed by atoms with Gasteiger partial charge >= 0.3 is 0 Å². The number of nitrogens with two attached hydrogens (primary N) is 1. The van der Waals surface area contributed by atoms with Crippen LogP contribution < -0.4 is 10.5 Å². The summed E-state index contributed by atoms with van der Waals surface area (Å²) in [5, 5.41) is 1.15. The van der Waals surface area contributed by atoms with E-state index in [1.807, 2.05) is 25.1 Å². The summed E-state index contributed by atoms with van der Waals surface area (Å²) in [6.07, 6.45) is 0. The SMILES string of the molecule is Br.Cc1oc2cc(OCCN)ccc2c1C. The molecule has 0 radical (unpaired) electrons. The first kappa shape index (κ1) is 13.1. The van der Waals surface area contributed by atoms with Gasteiger partial charge in [0, 0.05) is 18.0 Å². The molecule has 0 atom stereocenters. The summed E-state index contributed by atoms with van der Waals surface area (Å²) in [6.45, 7) is 5.08. The Hall–Kier alpha value is -1.00. The van der Waals surface area contributed by atoms with Crippen LogP contribution in [0.25, 0.3) is 11.0 Å². The predicted octanol–water partition coefficient (Wildman–Crippen LogP) is 2.97. The van der Waals surface area contributed by atoms with Crippen molar-refractivity contribution in [2.24, 2.45) is 5.73 Å². The van der Waals surface area contributed by atoms with E-state index in [4.69, 9.17) is 14.9 Å². The molecule has 1 heterocycles. The molecule has 1 aromatic carbocycles. The third kappa shape index (κ3) is 2.39. The van der Waals surface area contributed by atoms with Crippen LogP contribution in [-0.2, 0) is 0 Å². The van der Waals surface area contributed by atoms with E-state index in [2.05, 4.69) is 6.92 Å². The van der Waals surface area contributed by atoms with Crippen molar-refractivity contribution in [1.82, 2.24) is 0 Å². The van der Waals surface area contributed by atoms with E-state index in [-0.39, 0.29) is 17.0 Å². The number of ether oxygens (including phenoxy) is 1. The summed E-state index contributed by atoms with van der Waals surface area (Å²) in [7, 11) is 0. The Bertz CT molecular complexity index is 479. The fourth-order valence-corrected chi connectivity index (χ4v) is 1.59. The van der Waals surface area contributed by atoms with Crippen LogP contribution in [0.1, 0.15) is 11.3 Å². The number of rotatable bonds is 3. The van der Waals surface area contributed by atoms with E-state index in [1.54, 1.807) is 0 Å². The maximum Gasteiger partial charge on any atom is 0.138 e. The summed E-state index contributed by atoms with van der Waals surface area (Å²) in [6, 6.07) is 5.87. The fraction of sp³-hybridized carbons (Fsp3) is 0.333. The van der Waals surface area contributed by atoms with Gasteiger partial charge in [-0.2, -0.15) is 0 Å². The van der Waals surface area contributed by atoms with E-state index < -0.39 is 0 Å². The standard InChI is InChI=1S/C12H15NO2.BrH/c1-8-9(2)15-12-7-10(14-6-5-13)3-4-11(8)12;/h3-4,7H,5-6,13H2,1-2H3;1H. The van der Waals surface area contributed by atoms with Gasteiger partial charge in [-0.1, -0.05) is 0 Å². The first-order valence-corrected chi connectivity index (χ1v) is 5.05. The molecule has 0 amide bonds. The normalized spacial score (nSPS) is 10.2. The minimum absolute atomic E-state index is 0. The van der Waals surface area contributed by atoms with Gasteiger partial charge in [-0.05, 0) is 31.5 Å². The highest BCUT2D eigenvalue weighted by Crippen LogP contribution is 2.27. The van der Waals surface area contributed by atoms with Crippen molar-refractivity contribution < 1.29 is 9.15 Å². The molecular weight excluding hydrogens is 270 g/mol. The number of halogens is 1. The van der Waals surface area contributed by atoms with Crippen LogP contribution in [0.4, 0.5) is 0 Å². The zero-order valence-corrected chi connectivity index (χ0v) is 11.2. The van der Waals surface area contributed by atoms with Crippen LogP contribution in [0.2, 0.25) is 0 Å². The maximum atomic E-state index is 5.61. The van der Waals surface area contributed by atoms with Crippen molar-refractivity contribution in [1.29, 1.82) is 0 Å². The van der Waals surface area contributed by atoms with Gasteiger partial charge in [0.05, 0.1) is 0 Å². The lowest BCUT2D eigenvalue weighted by atomic mass is 10.1. The second-order valence-electron chi connectivity index (χ2n) is 3.58. The predicted molar refractivity (Wildman–Crippen MR) is 70.6 cm³/mol. The van der Waals surface area contributed by atoms with Gasteiger partial charge in [0.1, 0.15) is 23.7 Å². The molecule has 0 fully saturated rings. The van der Waals surface area contributed by atoms with Crippen LogP contribution >= 0.6 is 17.0 Å². The molecule has 4 heteroatoms. The Kier molecular flexibility index (Phi) is 4.38. The number of hydrogen-bond donors (Lipinski definition) is 1. The second-order valence-corrected chi connectivity index (χ2v) is 3.58. The molecule has 2 aromatic rings. The highest BCUT2D eigenvalue weighted by Gasteiger charge is 2.07. The molecule has 0 bridgehead atoms. The lowest BCUT2D eigenvalue weighted by Gasteiger charge is -2.03. The van der Waals surface area contributed by atoms with Crippen LogP contribution in [0.3, 0.4) is 0 Å². The van der Waals surface area contributed by atoms with E-state index in [0.717, 1.165) is 22.5 Å². The number of furan rings is 1. The van der Waals surface area contributed by atoms with Gasteiger partial charge in [-0.15, -0.1) is 17.0 Å². The maximum absolute atomic E-state index is 5.61. The molecule has 0 unspecified atom stereocenters. The zero-order valence-electron chi connectivity index (χ0n) is 9.45. The van der Waals surface area contributed by atoms with E-state index in [0.29, 0.717) is 13.2 Å². The number of benzene rings is 1. The molecule has 0 saturated heterocycles. The minimum Gasteiger partial charge on any atom is -0.492 e. The molecular formula is C12H16BrNO2. The van der Waals surface area contributed by atoms with Crippen LogP contribution in [0.15, 0.2) is 22.6 Å². The Labute approximate surface area is 105 Å². The minimum atomic E-state index is 0. The molecule has 3 nitrogen and oxygen atoms in total. The van der Waals surface area contributed by atoms with Gasteiger partial charge in [0.15, 0.2) is 0 Å². The van der Waals surface area contributed by atoms with E-state index in [1.165, 1.54) is 5.56 Å². The monoisotopic (exact) mass is 285 g/mol. The van der Waals surface area contributed by atoms with Crippen molar-refractivity contribution >= 4 is 28.0 Å². The Morgan fingerprint density at radius 3 is 2.75 bits per heavy atom. The van der Waals surface area contributed by atoms with E-state index >= 15 is 0 Å². The number of hydrogen-bond acceptors (Lipinski definition) is 3. The summed E-state index contributed by atoms with van der Waals surface area (Å²) < 4.78 is 11.0. The number of fused-ring (bicyclic) bond motifs is 1. The highest BCUT2D eigenvalue weighted by molar-refractivity contribution is 8.93. The van der Waals surface area contributed by atoms with Crippen molar-refractivity contribution in [3.63, 3.8) is 0 Å². The number of aryl methyl sites for hydroxylation is 2. The molecule has 0 aliphatic carbocycles. The van der Waals surface area contributed by atoms with Gasteiger partial charge < -0.3 is 14.9 Å². The van der Waals surface area contributed by atoms with Gasteiger partial charge in [0.25, 0.3) is 0 Å². The third-order valence-corrected chi connectivity index (χ3v) is 2.53. The summed E-state index contributed by atoms with van der Waals surface area (Å²) in [5.41, 5.74) is 7.43. The smallest absolute Gasteiger partial charge is 0.138 e. The van der Waals surface area contributed by atoms with Crippen LogP contribution in [0.5, 0.6) is 5.75 Å². The average molecular weight is 286 g/mol. The zero-order chi connectivity index (χ0) is 10.8. The molecule has 0 aliphatic heterocycles. The first-order chi connectivity index (χ1) is 7.22. The molecule has 0 spiro atoms. The largest absolute Gasteiger partial charge is 0.492 e. The van der Waals surface area contributed by atoms with Crippen LogP contribution in [-0.4, -0.2) is 13.2 Å². The third-order valence-electron chi connectivity index (χ3n) is 2.53. The first-order valence-electron chi connectivity index (χ1n) is 5.05. The average Bonchev–Trinajstić information content (AvgIpc) is 2.52. The Morgan fingerprint density at radius 1 is 1.31 bits per heavy atom. The lowest BCUT2D eigenvalue weighted by molar-refractivity contribution is 0.328. The molecule has 16 heavy (non-hydrogen) atoms. The van der Waals surface area contributed by atoms with Gasteiger partial charge in [-0.3, -0.25) is 0 Å². The quantitative estimate of drug-likeness (QED) is 0.943. The van der Waals surface area contributed by atoms with E-state index in [9.17, 15) is 0 Å². The van der Waals surface area contributed by atoms with Crippen molar-refractivity contribution in [3.05, 3.63) is 29.5 Å². The van der Waals surface area contributed by atoms with Gasteiger partial charge in [0.2, 0.25) is 0 Å². The lowest BCUT2D eigenvalue weighted by Crippen LogP contribution is -2.10. The molecule has 1 aromatic heterocycles. The van der Waals surface area contributed by atoms with Crippen molar-refractivity contribution in [2.45, 2.75) is 13.8 Å². The van der Waals surface area contributed by atoms with Crippen molar-refractivity contribution in [2.75, 3.05) is 13.2 Å². The Morgan fingerprint density at radius 2 is 2.06 bits per heavy atom. The summed E-state index contributed by atoms with van der Waals surface area (Å²) >= 11 is 0. The molecule has 0 aliphatic rings. The van der Waals surface area contributed by atoms with Crippen LogP contribution in [0, 0.1) is 13.8 Å².